The first-order chi connectivity index (χ1) is 17.9. The Kier molecular flexibility index (Phi) is 9.82. The van der Waals surface area contributed by atoms with E-state index in [9.17, 15) is 18.0 Å². The van der Waals surface area contributed by atoms with E-state index in [1.54, 1.807) is 62.4 Å². The first-order valence-electron chi connectivity index (χ1n) is 12.1. The van der Waals surface area contributed by atoms with Crippen LogP contribution >= 0.6 is 23.2 Å². The van der Waals surface area contributed by atoms with E-state index in [-0.39, 0.29) is 23.4 Å². The van der Waals surface area contributed by atoms with Gasteiger partial charge in [0.2, 0.25) is 11.8 Å². The van der Waals surface area contributed by atoms with Gasteiger partial charge in [0.1, 0.15) is 12.6 Å². The molecule has 0 unspecified atom stereocenters. The molecule has 38 heavy (non-hydrogen) atoms. The van der Waals surface area contributed by atoms with E-state index in [1.807, 2.05) is 13.8 Å². The zero-order chi connectivity index (χ0) is 28.0. The molecular formula is C28H31Cl2N3O4S. The third-order valence-corrected chi connectivity index (χ3v) is 8.36. The highest BCUT2D eigenvalue weighted by molar-refractivity contribution is 7.92. The largest absolute Gasteiger partial charge is 0.352 e. The minimum Gasteiger partial charge on any atom is -0.352 e. The summed E-state index contributed by atoms with van der Waals surface area (Å²) in [7, 11) is -4.17. The Morgan fingerprint density at radius 3 is 2.11 bits per heavy atom. The van der Waals surface area contributed by atoms with Gasteiger partial charge in [0.05, 0.1) is 10.6 Å². The van der Waals surface area contributed by atoms with Crippen LogP contribution in [0.25, 0.3) is 0 Å². The average molecular weight is 577 g/mol. The molecule has 0 aliphatic carbocycles. The van der Waals surface area contributed by atoms with Crippen molar-refractivity contribution < 1.29 is 18.0 Å². The van der Waals surface area contributed by atoms with Gasteiger partial charge in [-0.15, -0.1) is 0 Å². The fourth-order valence-electron chi connectivity index (χ4n) is 3.89. The van der Waals surface area contributed by atoms with Crippen LogP contribution in [-0.4, -0.2) is 43.8 Å². The summed E-state index contributed by atoms with van der Waals surface area (Å²) in [5, 5.41) is 3.65. The Morgan fingerprint density at radius 1 is 0.895 bits per heavy atom. The monoisotopic (exact) mass is 575 g/mol. The molecule has 2 amide bonds. The minimum atomic E-state index is -4.17. The van der Waals surface area contributed by atoms with Crippen molar-refractivity contribution in [3.05, 3.63) is 94.0 Å². The molecule has 1 atom stereocenters. The van der Waals surface area contributed by atoms with Gasteiger partial charge in [-0.3, -0.25) is 13.9 Å². The highest BCUT2D eigenvalue weighted by atomic mass is 35.5. The van der Waals surface area contributed by atoms with Gasteiger partial charge < -0.3 is 10.2 Å². The van der Waals surface area contributed by atoms with Gasteiger partial charge in [-0.1, -0.05) is 59.6 Å². The Labute approximate surface area is 234 Å². The summed E-state index contributed by atoms with van der Waals surface area (Å²) in [6.45, 7) is 6.52. The van der Waals surface area contributed by atoms with Crippen LogP contribution in [0.2, 0.25) is 10.0 Å². The van der Waals surface area contributed by atoms with Crippen molar-refractivity contribution in [3.8, 4) is 0 Å². The summed E-state index contributed by atoms with van der Waals surface area (Å²) in [4.78, 5) is 28.2. The van der Waals surface area contributed by atoms with Gasteiger partial charge >= 0.3 is 0 Å². The van der Waals surface area contributed by atoms with E-state index in [0.717, 1.165) is 4.31 Å². The smallest absolute Gasteiger partial charge is 0.264 e. The fraction of sp³-hybridized carbons (Fsp3) is 0.286. The molecule has 0 aliphatic heterocycles. The number of anilines is 1. The van der Waals surface area contributed by atoms with Crippen molar-refractivity contribution >= 4 is 50.7 Å². The van der Waals surface area contributed by atoms with Crippen LogP contribution in [0, 0.1) is 6.92 Å². The summed E-state index contributed by atoms with van der Waals surface area (Å²) in [6, 6.07) is 18.6. The van der Waals surface area contributed by atoms with Crippen LogP contribution < -0.4 is 9.62 Å². The van der Waals surface area contributed by atoms with Gasteiger partial charge in [-0.25, -0.2) is 8.42 Å². The lowest BCUT2D eigenvalue weighted by molar-refractivity contribution is -0.139. The maximum Gasteiger partial charge on any atom is 0.264 e. The highest BCUT2D eigenvalue weighted by Gasteiger charge is 2.33. The second-order valence-corrected chi connectivity index (χ2v) is 11.9. The lowest BCUT2D eigenvalue weighted by Gasteiger charge is -2.33. The Bertz CT molecular complexity index is 1400. The predicted molar refractivity (Wildman–Crippen MR) is 152 cm³/mol. The molecular weight excluding hydrogens is 545 g/mol. The summed E-state index contributed by atoms with van der Waals surface area (Å²) < 4.78 is 28.7. The molecule has 3 aromatic rings. The quantitative estimate of drug-likeness (QED) is 0.348. The molecule has 0 bridgehead atoms. The maximum atomic E-state index is 13.9. The Hall–Kier alpha value is -3.07. The number of amides is 2. The molecule has 3 rings (SSSR count). The van der Waals surface area contributed by atoms with E-state index in [2.05, 4.69) is 5.32 Å². The molecule has 1 N–H and O–H groups in total. The maximum absolute atomic E-state index is 13.9. The molecule has 202 valence electrons. The number of carbonyl (C=O) groups is 2. The lowest BCUT2D eigenvalue weighted by atomic mass is 10.1. The topological polar surface area (TPSA) is 86.8 Å². The van der Waals surface area contributed by atoms with Crippen LogP contribution in [0.3, 0.4) is 0 Å². The zero-order valence-corrected chi connectivity index (χ0v) is 24.0. The second-order valence-electron chi connectivity index (χ2n) is 9.20. The normalized spacial score (nSPS) is 12.2. The number of para-hydroxylation sites is 1. The van der Waals surface area contributed by atoms with Gasteiger partial charge in [-0.2, -0.15) is 0 Å². The number of rotatable bonds is 10. The number of halogens is 2. The Balaban J connectivity index is 2.06. The molecule has 0 radical (unpaired) electrons. The van der Waals surface area contributed by atoms with Crippen molar-refractivity contribution in [2.75, 3.05) is 10.8 Å². The van der Waals surface area contributed by atoms with E-state index < -0.39 is 28.5 Å². The number of nitrogens with zero attached hydrogens (tertiary/aromatic N) is 2. The number of carbonyl (C=O) groups excluding carboxylic acids is 2. The molecule has 0 fully saturated rings. The molecule has 0 aliphatic rings. The first kappa shape index (κ1) is 29.5. The molecule has 7 nitrogen and oxygen atoms in total. The van der Waals surface area contributed by atoms with Crippen molar-refractivity contribution in [3.63, 3.8) is 0 Å². The number of aryl methyl sites for hydroxylation is 1. The van der Waals surface area contributed by atoms with Gasteiger partial charge in [0.25, 0.3) is 10.0 Å². The standard InChI is InChI=1S/C28H31Cl2N3O4S/c1-19(2)31-28(35)21(4)32(17-22-10-6-7-11-25(22)30)27(34)18-33(26-12-8-5-9-20(26)3)38(36,37)24-15-13-23(29)14-16-24/h5-16,19,21H,17-18H2,1-4H3,(H,31,35)/t21-/m0/s1. The number of sulfonamides is 1. The van der Waals surface area contributed by atoms with Crippen molar-refractivity contribution in [2.45, 2.75) is 51.2 Å². The van der Waals surface area contributed by atoms with Gasteiger partial charge in [-0.05, 0) is 75.2 Å². The van der Waals surface area contributed by atoms with Crippen molar-refractivity contribution in [1.29, 1.82) is 0 Å². The number of benzene rings is 3. The number of hydrogen-bond acceptors (Lipinski definition) is 4. The third-order valence-electron chi connectivity index (χ3n) is 5.96. The SMILES string of the molecule is Cc1ccccc1N(CC(=O)N(Cc1ccccc1Cl)[C@@H](C)C(=O)NC(C)C)S(=O)(=O)c1ccc(Cl)cc1. The van der Waals surface area contributed by atoms with Gasteiger partial charge in [0.15, 0.2) is 0 Å². The molecule has 0 aromatic heterocycles. The first-order valence-corrected chi connectivity index (χ1v) is 14.3. The van der Waals surface area contributed by atoms with E-state index >= 15 is 0 Å². The number of hydrogen-bond donors (Lipinski definition) is 1. The fourth-order valence-corrected chi connectivity index (χ4v) is 5.69. The van der Waals surface area contributed by atoms with Crippen molar-refractivity contribution in [1.82, 2.24) is 10.2 Å². The molecule has 10 heteroatoms. The summed E-state index contributed by atoms with van der Waals surface area (Å²) in [5.41, 5.74) is 1.66. The van der Waals surface area contributed by atoms with Crippen LogP contribution in [0.4, 0.5) is 5.69 Å². The molecule has 0 saturated heterocycles. The van der Waals surface area contributed by atoms with Crippen LogP contribution in [-0.2, 0) is 26.2 Å². The number of nitrogens with one attached hydrogen (secondary N) is 1. The van der Waals surface area contributed by atoms with Gasteiger partial charge in [0, 0.05) is 22.6 Å². The minimum absolute atomic E-state index is 0.0128. The third kappa shape index (κ3) is 7.07. The molecule has 0 saturated carbocycles. The summed E-state index contributed by atoms with van der Waals surface area (Å²) in [5.74, 6) is -0.916. The average Bonchev–Trinajstić information content (AvgIpc) is 2.86. The van der Waals surface area contributed by atoms with Crippen LogP contribution in [0.15, 0.2) is 77.7 Å². The Morgan fingerprint density at radius 2 is 1.50 bits per heavy atom. The lowest BCUT2D eigenvalue weighted by Crippen LogP contribution is -2.52. The van der Waals surface area contributed by atoms with Crippen molar-refractivity contribution in [2.24, 2.45) is 0 Å². The predicted octanol–water partition coefficient (Wildman–Crippen LogP) is 5.44. The molecule has 0 heterocycles. The van der Waals surface area contributed by atoms with Crippen LogP contribution in [0.5, 0.6) is 0 Å². The van der Waals surface area contributed by atoms with Crippen LogP contribution in [0.1, 0.15) is 31.9 Å². The van der Waals surface area contributed by atoms with E-state index in [1.165, 1.54) is 29.2 Å². The zero-order valence-electron chi connectivity index (χ0n) is 21.7. The molecule has 3 aromatic carbocycles. The molecule has 0 spiro atoms. The highest BCUT2D eigenvalue weighted by Crippen LogP contribution is 2.28. The summed E-state index contributed by atoms with van der Waals surface area (Å²) in [6.07, 6.45) is 0. The second kappa shape index (κ2) is 12.7. The van der Waals surface area contributed by atoms with E-state index in [0.29, 0.717) is 26.9 Å². The van der Waals surface area contributed by atoms with E-state index in [4.69, 9.17) is 23.2 Å². The summed E-state index contributed by atoms with van der Waals surface area (Å²) >= 11 is 12.4.